The molecule has 13 nitrogen and oxygen atoms in total. The van der Waals surface area contributed by atoms with Gasteiger partial charge in [0.1, 0.15) is 17.9 Å². The average molecular weight is 641 g/mol. The van der Waals surface area contributed by atoms with E-state index in [2.05, 4.69) is 31.6 Å². The number of anilines is 1. The van der Waals surface area contributed by atoms with Crippen LogP contribution in [0.3, 0.4) is 0 Å². The minimum Gasteiger partial charge on any atom is -0.434 e. The highest BCUT2D eigenvalue weighted by Crippen LogP contribution is 2.43. The summed E-state index contributed by atoms with van der Waals surface area (Å²) in [5.74, 6) is 0.655. The highest BCUT2D eigenvalue weighted by atomic mass is 32.2. The molecule has 2 bridgehead atoms. The van der Waals surface area contributed by atoms with Gasteiger partial charge in [-0.2, -0.15) is 17.0 Å². The molecule has 240 valence electrons. The molecule has 5 fully saturated rings. The van der Waals surface area contributed by atoms with Crippen LogP contribution in [0.2, 0.25) is 0 Å². The maximum Gasteiger partial charge on any atom is 0.282 e. The van der Waals surface area contributed by atoms with Crippen LogP contribution in [0.1, 0.15) is 36.0 Å². The molecule has 0 aliphatic carbocycles. The molecule has 1 amide bonds. The molecule has 2 aromatic rings. The van der Waals surface area contributed by atoms with Gasteiger partial charge in [0, 0.05) is 71.0 Å². The van der Waals surface area contributed by atoms with Crippen molar-refractivity contribution in [3.63, 3.8) is 0 Å². The van der Waals surface area contributed by atoms with Gasteiger partial charge in [-0.05, 0) is 61.3 Å². The summed E-state index contributed by atoms with van der Waals surface area (Å²) < 4.78 is 49.7. The van der Waals surface area contributed by atoms with Crippen molar-refractivity contribution < 1.29 is 27.1 Å². The highest BCUT2D eigenvalue weighted by molar-refractivity contribution is 7.86. The van der Waals surface area contributed by atoms with E-state index < -0.39 is 16.0 Å². The number of carbonyl (C=O) groups is 2. The lowest BCUT2D eigenvalue weighted by molar-refractivity contribution is -0.127. The second kappa shape index (κ2) is 11.7. The number of fused-ring (bicyclic) bond motifs is 2. The minimum atomic E-state index is -3.55. The Morgan fingerprint density at radius 1 is 1.13 bits per heavy atom. The Bertz CT molecular complexity index is 1590. The van der Waals surface area contributed by atoms with Gasteiger partial charge in [0.25, 0.3) is 16.1 Å². The second-order valence-corrected chi connectivity index (χ2v) is 14.9. The molecule has 5 aliphatic rings. The van der Waals surface area contributed by atoms with Gasteiger partial charge in [0.15, 0.2) is 12.1 Å². The molecule has 0 N–H and O–H groups in total. The maximum atomic E-state index is 13.6. The number of piperidine rings is 1. The van der Waals surface area contributed by atoms with Gasteiger partial charge in [-0.25, -0.2) is 9.37 Å². The minimum absolute atomic E-state index is 0.0621. The lowest BCUT2D eigenvalue weighted by atomic mass is 9.72. The quantitative estimate of drug-likeness (QED) is 0.294. The molecule has 5 aliphatic heterocycles. The third kappa shape index (κ3) is 5.59. The molecule has 1 spiro atoms. The van der Waals surface area contributed by atoms with E-state index in [1.54, 1.807) is 13.5 Å². The number of ether oxygens (including phenoxy) is 1. The van der Waals surface area contributed by atoms with Crippen molar-refractivity contribution in [2.75, 3.05) is 63.8 Å². The molecule has 3 unspecified atom stereocenters. The van der Waals surface area contributed by atoms with Crippen LogP contribution in [0.25, 0.3) is 0 Å². The fraction of sp³-hybridized carbons (Fsp3) is 0.567. The summed E-state index contributed by atoms with van der Waals surface area (Å²) in [4.78, 5) is 34.2. The Morgan fingerprint density at radius 2 is 1.93 bits per heavy atom. The molecule has 0 radical (unpaired) electrons. The van der Waals surface area contributed by atoms with E-state index in [-0.39, 0.29) is 40.6 Å². The molecule has 6 heterocycles. The zero-order valence-corrected chi connectivity index (χ0v) is 25.8. The molecule has 1 aromatic heterocycles. The Balaban J connectivity index is 0.897. The normalized spacial score (nSPS) is 26.7. The number of benzene rings is 1. The number of likely N-dealkylation sites (tertiary alicyclic amines) is 2. The smallest absolute Gasteiger partial charge is 0.282 e. The summed E-state index contributed by atoms with van der Waals surface area (Å²) in [5.41, 5.74) is 0.238. The van der Waals surface area contributed by atoms with Crippen molar-refractivity contribution in [3.8, 4) is 11.6 Å². The lowest BCUT2D eigenvalue weighted by Crippen LogP contribution is -2.62. The first-order valence-corrected chi connectivity index (χ1v) is 16.9. The van der Waals surface area contributed by atoms with Gasteiger partial charge in [0.05, 0.1) is 5.56 Å². The van der Waals surface area contributed by atoms with Crippen molar-refractivity contribution >= 4 is 28.2 Å². The van der Waals surface area contributed by atoms with E-state index in [4.69, 9.17) is 4.74 Å². The zero-order chi connectivity index (χ0) is 31.3. The first-order valence-electron chi connectivity index (χ1n) is 15.5. The van der Waals surface area contributed by atoms with Gasteiger partial charge < -0.3 is 19.4 Å². The number of halogens is 1. The lowest BCUT2D eigenvalue weighted by Gasteiger charge is -2.54. The molecule has 45 heavy (non-hydrogen) atoms. The maximum absolute atomic E-state index is 13.6. The first kappa shape index (κ1) is 30.1. The molecule has 5 saturated heterocycles. The van der Waals surface area contributed by atoms with Crippen molar-refractivity contribution in [2.24, 2.45) is 11.3 Å². The van der Waals surface area contributed by atoms with Crippen molar-refractivity contribution in [3.05, 3.63) is 48.6 Å². The number of rotatable bonds is 9. The summed E-state index contributed by atoms with van der Waals surface area (Å²) in [7, 11) is -3.55. The number of carbonyl (C=O) groups excluding carboxylic acids is 2. The number of piperazine rings is 1. The van der Waals surface area contributed by atoms with Crippen LogP contribution < -0.4 is 9.64 Å². The van der Waals surface area contributed by atoms with Gasteiger partial charge in [-0.3, -0.25) is 9.59 Å². The van der Waals surface area contributed by atoms with Crippen LogP contribution in [0.5, 0.6) is 11.6 Å². The van der Waals surface area contributed by atoms with Gasteiger partial charge in [-0.1, -0.05) is 6.58 Å². The third-order valence-electron chi connectivity index (χ3n) is 10.2. The van der Waals surface area contributed by atoms with E-state index in [0.29, 0.717) is 50.6 Å². The summed E-state index contributed by atoms with van der Waals surface area (Å²) in [6.07, 6.45) is 6.57. The third-order valence-corrected chi connectivity index (χ3v) is 12.2. The van der Waals surface area contributed by atoms with Crippen molar-refractivity contribution in [2.45, 2.75) is 37.8 Å². The van der Waals surface area contributed by atoms with Crippen LogP contribution in [-0.2, 0) is 15.0 Å². The second-order valence-electron chi connectivity index (χ2n) is 13.0. The van der Waals surface area contributed by atoms with E-state index in [1.807, 2.05) is 0 Å². The standard InChI is InChI=1S/C30H37FN8O5S/c1-2-27(41)38-15-25-12-24(38)16-39(25)45(42,43)37-9-6-30(7-10-37)18-35(19-30)13-21-5-8-36(14-21)28-29(34-33-20-32-28)44-26-4-3-23(31)11-22(26)17-40/h2-4,11,17,20-21,24-25H,1,5-10,12-16,18-19H2. The number of nitrogens with zero attached hydrogens (tertiary/aromatic N) is 8. The largest absolute Gasteiger partial charge is 0.434 e. The fourth-order valence-corrected chi connectivity index (χ4v) is 9.71. The SMILES string of the molecule is C=CC(=O)N1CC2CC1CN2S(=O)(=O)N1CCC2(CC1)CN(CC1CCN(c3ncnnc3Oc3ccc(F)cc3C=O)C1)C2. The Kier molecular flexibility index (Phi) is 7.82. The molecular weight excluding hydrogens is 603 g/mol. The topological polar surface area (TPSA) is 132 Å². The van der Waals surface area contributed by atoms with Crippen LogP contribution in [0.4, 0.5) is 10.2 Å². The van der Waals surface area contributed by atoms with Crippen LogP contribution in [0.15, 0.2) is 37.2 Å². The van der Waals surface area contributed by atoms with Gasteiger partial charge >= 0.3 is 0 Å². The summed E-state index contributed by atoms with van der Waals surface area (Å²) in [5, 5.41) is 7.94. The number of hydrogen-bond donors (Lipinski definition) is 0. The monoisotopic (exact) mass is 640 g/mol. The number of hydrogen-bond acceptors (Lipinski definition) is 10. The van der Waals surface area contributed by atoms with Crippen LogP contribution in [-0.4, -0.2) is 125 Å². The van der Waals surface area contributed by atoms with E-state index in [9.17, 15) is 22.4 Å². The Morgan fingerprint density at radius 3 is 2.64 bits per heavy atom. The highest BCUT2D eigenvalue weighted by Gasteiger charge is 2.53. The summed E-state index contributed by atoms with van der Waals surface area (Å²) in [6, 6.07) is 3.51. The van der Waals surface area contributed by atoms with Crippen LogP contribution >= 0.6 is 0 Å². The zero-order valence-electron chi connectivity index (χ0n) is 25.0. The number of aromatic nitrogens is 3. The van der Waals surface area contributed by atoms with Crippen LogP contribution in [0, 0.1) is 17.2 Å². The van der Waals surface area contributed by atoms with Crippen molar-refractivity contribution in [1.82, 2.24) is 33.6 Å². The van der Waals surface area contributed by atoms with Gasteiger partial charge in [0.2, 0.25) is 5.91 Å². The summed E-state index contributed by atoms with van der Waals surface area (Å²) >= 11 is 0. The van der Waals surface area contributed by atoms with E-state index in [0.717, 1.165) is 58.1 Å². The molecule has 3 atom stereocenters. The van der Waals surface area contributed by atoms with E-state index >= 15 is 0 Å². The first-order chi connectivity index (χ1) is 21.7. The van der Waals surface area contributed by atoms with Gasteiger partial charge in [-0.15, -0.1) is 10.2 Å². The Hall–Kier alpha value is -3.53. The molecule has 0 saturated carbocycles. The molecule has 1 aromatic carbocycles. The fourth-order valence-electron chi connectivity index (χ4n) is 7.88. The average Bonchev–Trinajstić information content (AvgIpc) is 3.78. The predicted octanol–water partition coefficient (Wildman–Crippen LogP) is 1.56. The van der Waals surface area contributed by atoms with Crippen molar-refractivity contribution in [1.29, 1.82) is 0 Å². The van der Waals surface area contributed by atoms with E-state index in [1.165, 1.54) is 24.5 Å². The predicted molar refractivity (Wildman–Crippen MR) is 161 cm³/mol. The number of amides is 1. The number of aldehydes is 1. The molecular formula is C30H37FN8O5S. The summed E-state index contributed by atoms with van der Waals surface area (Å²) in [6.45, 7) is 9.84. The Labute approximate surface area is 261 Å². The molecule has 7 rings (SSSR count). The molecule has 15 heteroatoms.